The second-order valence-corrected chi connectivity index (χ2v) is 9.01. The van der Waals surface area contributed by atoms with Crippen LogP contribution >= 0.6 is 11.3 Å². The summed E-state index contributed by atoms with van der Waals surface area (Å²) in [6.07, 6.45) is 7.46. The SMILES string of the molecule is COc1ccccc1N1CCN(CCN(C(=O)C2CCCCC2)c2nccs2)CC1. The van der Waals surface area contributed by atoms with E-state index < -0.39 is 0 Å². The third-order valence-electron chi connectivity index (χ3n) is 6.31. The first-order valence-electron chi connectivity index (χ1n) is 11.1. The molecule has 30 heavy (non-hydrogen) atoms. The molecular formula is C23H32N4O2S. The molecule has 2 fully saturated rings. The van der Waals surface area contributed by atoms with Gasteiger partial charge in [-0.15, -0.1) is 11.3 Å². The molecule has 0 unspecified atom stereocenters. The second-order valence-electron chi connectivity index (χ2n) is 8.14. The number of rotatable bonds is 7. The Morgan fingerprint density at radius 3 is 2.63 bits per heavy atom. The molecule has 0 N–H and O–H groups in total. The summed E-state index contributed by atoms with van der Waals surface area (Å²) >= 11 is 1.57. The summed E-state index contributed by atoms with van der Waals surface area (Å²) in [5.74, 6) is 1.38. The fourth-order valence-corrected chi connectivity index (χ4v) is 5.24. The quantitative estimate of drug-likeness (QED) is 0.670. The highest BCUT2D eigenvalue weighted by Crippen LogP contribution is 2.30. The number of carbonyl (C=O) groups excluding carboxylic acids is 1. The van der Waals surface area contributed by atoms with E-state index in [4.69, 9.17) is 4.74 Å². The maximum absolute atomic E-state index is 13.2. The maximum atomic E-state index is 13.2. The number of para-hydroxylation sites is 2. The minimum absolute atomic E-state index is 0.171. The van der Waals surface area contributed by atoms with Crippen molar-refractivity contribution >= 4 is 28.1 Å². The first kappa shape index (κ1) is 21.1. The van der Waals surface area contributed by atoms with E-state index in [0.29, 0.717) is 0 Å². The number of aromatic nitrogens is 1. The third kappa shape index (κ3) is 4.95. The van der Waals surface area contributed by atoms with E-state index in [1.807, 2.05) is 22.4 Å². The molecule has 1 aliphatic carbocycles. The van der Waals surface area contributed by atoms with Crippen LogP contribution < -0.4 is 14.5 Å². The fourth-order valence-electron chi connectivity index (χ4n) is 4.56. The predicted molar refractivity (Wildman–Crippen MR) is 123 cm³/mol. The van der Waals surface area contributed by atoms with Gasteiger partial charge in [-0.05, 0) is 25.0 Å². The van der Waals surface area contributed by atoms with Crippen molar-refractivity contribution in [2.75, 3.05) is 56.2 Å². The summed E-state index contributed by atoms with van der Waals surface area (Å²) in [5.41, 5.74) is 1.16. The highest BCUT2D eigenvalue weighted by Gasteiger charge is 2.29. The summed E-state index contributed by atoms with van der Waals surface area (Å²) in [6.45, 7) is 5.51. The number of ether oxygens (including phenoxy) is 1. The summed E-state index contributed by atoms with van der Waals surface area (Å²) in [6, 6.07) is 8.22. The molecule has 1 aromatic carbocycles. The Morgan fingerprint density at radius 1 is 1.17 bits per heavy atom. The average molecular weight is 429 g/mol. The zero-order chi connectivity index (χ0) is 20.8. The zero-order valence-electron chi connectivity index (χ0n) is 17.8. The number of hydrogen-bond donors (Lipinski definition) is 0. The zero-order valence-corrected chi connectivity index (χ0v) is 18.6. The lowest BCUT2D eigenvalue weighted by molar-refractivity contribution is -0.123. The molecule has 1 saturated carbocycles. The Labute approximate surface area is 183 Å². The van der Waals surface area contributed by atoms with Crippen molar-refractivity contribution in [2.45, 2.75) is 32.1 Å². The van der Waals surface area contributed by atoms with Crippen LogP contribution in [0.5, 0.6) is 5.75 Å². The van der Waals surface area contributed by atoms with Gasteiger partial charge >= 0.3 is 0 Å². The van der Waals surface area contributed by atoms with Crippen LogP contribution in [-0.2, 0) is 4.79 Å². The lowest BCUT2D eigenvalue weighted by Gasteiger charge is -2.37. The van der Waals surface area contributed by atoms with Gasteiger partial charge in [-0.25, -0.2) is 4.98 Å². The van der Waals surface area contributed by atoms with Crippen molar-refractivity contribution in [3.8, 4) is 5.75 Å². The lowest BCUT2D eigenvalue weighted by atomic mass is 9.88. The molecule has 4 rings (SSSR count). The molecule has 2 heterocycles. The molecule has 1 amide bonds. The normalized spacial score (nSPS) is 18.4. The van der Waals surface area contributed by atoms with Crippen molar-refractivity contribution < 1.29 is 9.53 Å². The van der Waals surface area contributed by atoms with Gasteiger partial charge in [0.25, 0.3) is 0 Å². The van der Waals surface area contributed by atoms with Crippen molar-refractivity contribution in [1.82, 2.24) is 9.88 Å². The molecule has 1 aromatic heterocycles. The van der Waals surface area contributed by atoms with Crippen molar-refractivity contribution in [1.29, 1.82) is 0 Å². The van der Waals surface area contributed by atoms with Crippen LogP contribution in [0.2, 0.25) is 0 Å². The Hall–Kier alpha value is -2.12. The van der Waals surface area contributed by atoms with Gasteiger partial charge in [-0.1, -0.05) is 31.4 Å². The summed E-state index contributed by atoms with van der Waals surface area (Å²) < 4.78 is 5.52. The van der Waals surface area contributed by atoms with E-state index in [0.717, 1.165) is 68.7 Å². The van der Waals surface area contributed by atoms with Gasteiger partial charge in [-0.3, -0.25) is 14.6 Å². The second kappa shape index (κ2) is 10.3. The van der Waals surface area contributed by atoms with Gasteiger partial charge in [-0.2, -0.15) is 0 Å². The van der Waals surface area contributed by atoms with Crippen molar-refractivity contribution in [3.05, 3.63) is 35.8 Å². The molecule has 6 nitrogen and oxygen atoms in total. The number of thiazole rings is 1. The van der Waals surface area contributed by atoms with E-state index >= 15 is 0 Å². The first-order chi connectivity index (χ1) is 14.8. The highest BCUT2D eigenvalue weighted by molar-refractivity contribution is 7.13. The summed E-state index contributed by atoms with van der Waals surface area (Å²) in [4.78, 5) is 24.5. The molecule has 0 bridgehead atoms. The predicted octanol–water partition coefficient (Wildman–Crippen LogP) is 3.89. The number of carbonyl (C=O) groups is 1. The topological polar surface area (TPSA) is 48.9 Å². The van der Waals surface area contributed by atoms with Gasteiger partial charge in [0.05, 0.1) is 12.8 Å². The molecular weight excluding hydrogens is 396 g/mol. The lowest BCUT2D eigenvalue weighted by Crippen LogP contribution is -2.49. The standard InChI is InChI=1S/C23H32N4O2S/c1-29-21-10-6-5-9-20(21)26-15-12-25(13-16-26)14-17-27(23-24-11-18-30-23)22(28)19-7-3-2-4-8-19/h5-6,9-11,18-19H,2-4,7-8,12-17H2,1H3. The van der Waals surface area contributed by atoms with E-state index in [1.165, 1.54) is 19.3 Å². The molecule has 1 aliphatic heterocycles. The van der Waals surface area contributed by atoms with Gasteiger partial charge in [0.15, 0.2) is 5.13 Å². The average Bonchev–Trinajstić information content (AvgIpc) is 3.35. The summed E-state index contributed by atoms with van der Waals surface area (Å²) in [7, 11) is 1.73. The maximum Gasteiger partial charge on any atom is 0.231 e. The van der Waals surface area contributed by atoms with E-state index in [-0.39, 0.29) is 11.8 Å². The Bertz CT molecular complexity index is 799. The van der Waals surface area contributed by atoms with Crippen LogP contribution in [0.25, 0.3) is 0 Å². The van der Waals surface area contributed by atoms with E-state index in [9.17, 15) is 4.79 Å². The third-order valence-corrected chi connectivity index (χ3v) is 7.10. The minimum Gasteiger partial charge on any atom is -0.495 e. The number of hydrogen-bond acceptors (Lipinski definition) is 6. The van der Waals surface area contributed by atoms with Crippen LogP contribution in [0, 0.1) is 5.92 Å². The number of nitrogens with zero attached hydrogens (tertiary/aromatic N) is 4. The number of piperazine rings is 1. The van der Waals surface area contributed by atoms with Crippen LogP contribution in [0.1, 0.15) is 32.1 Å². The first-order valence-corrected chi connectivity index (χ1v) is 12.0. The van der Waals surface area contributed by atoms with Gasteiger partial charge in [0.2, 0.25) is 5.91 Å². The Balaban J connectivity index is 1.34. The molecule has 0 radical (unpaired) electrons. The van der Waals surface area contributed by atoms with Crippen LogP contribution in [0.15, 0.2) is 35.8 Å². The monoisotopic (exact) mass is 428 g/mol. The molecule has 7 heteroatoms. The number of amides is 1. The highest BCUT2D eigenvalue weighted by atomic mass is 32.1. The van der Waals surface area contributed by atoms with E-state index in [1.54, 1.807) is 24.6 Å². The Morgan fingerprint density at radius 2 is 1.93 bits per heavy atom. The molecule has 0 atom stereocenters. The molecule has 2 aromatic rings. The van der Waals surface area contributed by atoms with Gasteiger partial charge in [0, 0.05) is 56.8 Å². The van der Waals surface area contributed by atoms with Crippen LogP contribution in [-0.4, -0.2) is 62.2 Å². The number of benzene rings is 1. The largest absolute Gasteiger partial charge is 0.495 e. The number of methoxy groups -OCH3 is 1. The van der Waals surface area contributed by atoms with Crippen LogP contribution in [0.3, 0.4) is 0 Å². The van der Waals surface area contributed by atoms with Gasteiger partial charge < -0.3 is 9.64 Å². The van der Waals surface area contributed by atoms with Crippen molar-refractivity contribution in [2.24, 2.45) is 5.92 Å². The summed E-state index contributed by atoms with van der Waals surface area (Å²) in [5, 5.41) is 2.81. The molecule has 0 spiro atoms. The smallest absolute Gasteiger partial charge is 0.231 e. The van der Waals surface area contributed by atoms with Crippen molar-refractivity contribution in [3.63, 3.8) is 0 Å². The number of anilines is 2. The molecule has 2 aliphatic rings. The molecule has 1 saturated heterocycles. The minimum atomic E-state index is 0.171. The Kier molecular flexibility index (Phi) is 7.23. The molecule has 162 valence electrons. The van der Waals surface area contributed by atoms with Gasteiger partial charge in [0.1, 0.15) is 5.75 Å². The fraction of sp³-hybridized carbons (Fsp3) is 0.565. The van der Waals surface area contributed by atoms with E-state index in [2.05, 4.69) is 26.9 Å². The van der Waals surface area contributed by atoms with Crippen LogP contribution in [0.4, 0.5) is 10.8 Å².